The highest BCUT2D eigenvalue weighted by Gasteiger charge is 2.19. The number of rotatable bonds is 46. The summed E-state index contributed by atoms with van der Waals surface area (Å²) in [5.41, 5.74) is 0. The normalized spacial score (nSPS) is 12.9. The highest BCUT2D eigenvalue weighted by Crippen LogP contribution is 2.13. The second kappa shape index (κ2) is 52.0. The zero-order chi connectivity index (χ0) is 46.5. The van der Waals surface area contributed by atoms with E-state index in [2.05, 4.69) is 106 Å². The monoisotopic (exact) mass is 889 g/mol. The molecule has 0 saturated carbocycles. The van der Waals surface area contributed by atoms with Crippen LogP contribution in [0.2, 0.25) is 0 Å². The van der Waals surface area contributed by atoms with Crippen molar-refractivity contribution >= 4 is 17.9 Å². The summed E-state index contributed by atoms with van der Waals surface area (Å²) in [6.45, 7) is 6.47. The molecule has 0 amide bonds. The summed E-state index contributed by atoms with van der Waals surface area (Å²) >= 11 is 0. The molecule has 6 nitrogen and oxygen atoms in total. The van der Waals surface area contributed by atoms with Crippen LogP contribution in [0.25, 0.3) is 0 Å². The second-order valence-electron chi connectivity index (χ2n) is 17.1. The molecule has 0 rings (SSSR count). The molecule has 0 spiro atoms. The highest BCUT2D eigenvalue weighted by molar-refractivity contribution is 5.71. The molecular formula is C58H96O6. The lowest BCUT2D eigenvalue weighted by molar-refractivity contribution is -0.166. The Morgan fingerprint density at radius 2 is 0.594 bits per heavy atom. The average molecular weight is 889 g/mol. The van der Waals surface area contributed by atoms with Gasteiger partial charge in [-0.3, -0.25) is 14.4 Å². The van der Waals surface area contributed by atoms with Crippen molar-refractivity contribution in [2.24, 2.45) is 0 Å². The van der Waals surface area contributed by atoms with E-state index < -0.39 is 12.1 Å². The minimum Gasteiger partial charge on any atom is -0.462 e. The molecule has 364 valence electrons. The Labute approximate surface area is 394 Å². The molecular weight excluding hydrogens is 793 g/mol. The van der Waals surface area contributed by atoms with Gasteiger partial charge in [0.05, 0.1) is 0 Å². The van der Waals surface area contributed by atoms with Crippen LogP contribution in [0.3, 0.4) is 0 Å². The van der Waals surface area contributed by atoms with Gasteiger partial charge in [0.15, 0.2) is 6.10 Å². The summed E-state index contributed by atoms with van der Waals surface area (Å²) in [4.78, 5) is 37.9. The van der Waals surface area contributed by atoms with Crippen LogP contribution in [-0.2, 0) is 28.6 Å². The van der Waals surface area contributed by atoms with Crippen molar-refractivity contribution in [3.63, 3.8) is 0 Å². The summed E-state index contributed by atoms with van der Waals surface area (Å²) in [5.74, 6) is -1.04. The third-order valence-corrected chi connectivity index (χ3v) is 10.8. The molecule has 0 aromatic rings. The van der Waals surface area contributed by atoms with E-state index in [0.29, 0.717) is 25.7 Å². The standard InChI is InChI=1S/C58H96O6/c1-4-7-10-13-16-19-22-25-27-28-29-30-32-34-37-40-43-46-49-52-58(61)64-55(53-62-56(59)50-47-44-41-38-35-24-21-18-15-12-9-6-3)54-63-57(60)51-48-45-42-39-36-33-31-26-23-20-17-14-11-8-5-2/h16-17,19-20,25-27,29-31,34,36-37,39,43,46,55H,4-15,18,21-24,28,32-33,35,38,40-42,44-45,47-54H2,1-3H3/b19-16-,20-17-,27-25-,30-29-,31-26-,37-34-,39-36-,46-43-/t55-/m0/s1. The van der Waals surface area contributed by atoms with Crippen LogP contribution >= 0.6 is 0 Å². The van der Waals surface area contributed by atoms with E-state index in [4.69, 9.17) is 14.2 Å². The summed E-state index contributed by atoms with van der Waals surface area (Å²) < 4.78 is 16.7. The molecule has 0 radical (unpaired) electrons. The quantitative estimate of drug-likeness (QED) is 0.0262. The molecule has 0 aliphatic heterocycles. The Kier molecular flexibility index (Phi) is 49.0. The second-order valence-corrected chi connectivity index (χ2v) is 17.1. The molecule has 6 heteroatoms. The molecule has 0 fully saturated rings. The minimum absolute atomic E-state index is 0.119. The first kappa shape index (κ1) is 60.3. The lowest BCUT2D eigenvalue weighted by Gasteiger charge is -2.18. The Balaban J connectivity index is 4.57. The fourth-order valence-corrected chi connectivity index (χ4v) is 6.84. The van der Waals surface area contributed by atoms with Crippen LogP contribution in [0.15, 0.2) is 97.2 Å². The first-order valence-corrected chi connectivity index (χ1v) is 26.2. The molecule has 1 atom stereocenters. The predicted octanol–water partition coefficient (Wildman–Crippen LogP) is 17.4. The van der Waals surface area contributed by atoms with Gasteiger partial charge in [0.25, 0.3) is 0 Å². The van der Waals surface area contributed by atoms with E-state index >= 15 is 0 Å². The molecule has 0 aliphatic carbocycles. The minimum atomic E-state index is -0.831. The molecule has 0 aromatic heterocycles. The summed E-state index contributed by atoms with van der Waals surface area (Å²) in [6.07, 6.45) is 68.3. The van der Waals surface area contributed by atoms with Gasteiger partial charge in [-0.15, -0.1) is 0 Å². The van der Waals surface area contributed by atoms with Gasteiger partial charge in [0.1, 0.15) is 13.2 Å². The fraction of sp³-hybridized carbons (Fsp3) is 0.672. The molecule has 0 aromatic carbocycles. The van der Waals surface area contributed by atoms with Gasteiger partial charge in [0, 0.05) is 19.3 Å². The van der Waals surface area contributed by atoms with Crippen LogP contribution in [0, 0.1) is 0 Å². The lowest BCUT2D eigenvalue weighted by Crippen LogP contribution is -2.30. The predicted molar refractivity (Wildman–Crippen MR) is 274 cm³/mol. The van der Waals surface area contributed by atoms with Crippen molar-refractivity contribution in [3.8, 4) is 0 Å². The van der Waals surface area contributed by atoms with Crippen LogP contribution in [0.1, 0.15) is 233 Å². The number of carbonyl (C=O) groups is 3. The van der Waals surface area contributed by atoms with Gasteiger partial charge in [0.2, 0.25) is 0 Å². The maximum atomic E-state index is 12.8. The lowest BCUT2D eigenvalue weighted by atomic mass is 10.0. The van der Waals surface area contributed by atoms with E-state index in [1.165, 1.54) is 109 Å². The molecule has 0 N–H and O–H groups in total. The number of esters is 3. The largest absolute Gasteiger partial charge is 0.462 e. The van der Waals surface area contributed by atoms with Gasteiger partial charge >= 0.3 is 17.9 Å². The Morgan fingerprint density at radius 1 is 0.312 bits per heavy atom. The zero-order valence-electron chi connectivity index (χ0n) is 41.5. The van der Waals surface area contributed by atoms with Gasteiger partial charge in [-0.25, -0.2) is 0 Å². The number of ether oxygens (including phenoxy) is 3. The van der Waals surface area contributed by atoms with Gasteiger partial charge < -0.3 is 14.2 Å². The van der Waals surface area contributed by atoms with E-state index in [9.17, 15) is 14.4 Å². The van der Waals surface area contributed by atoms with Crippen molar-refractivity contribution in [1.29, 1.82) is 0 Å². The Hall–Kier alpha value is -3.67. The third kappa shape index (κ3) is 49.3. The molecule has 0 bridgehead atoms. The van der Waals surface area contributed by atoms with Crippen LogP contribution < -0.4 is 0 Å². The number of hydrogen-bond acceptors (Lipinski definition) is 6. The molecule has 0 unspecified atom stereocenters. The Morgan fingerprint density at radius 3 is 0.969 bits per heavy atom. The van der Waals surface area contributed by atoms with Gasteiger partial charge in [-0.05, 0) is 96.3 Å². The zero-order valence-corrected chi connectivity index (χ0v) is 41.5. The summed E-state index contributed by atoms with van der Waals surface area (Å²) in [6, 6.07) is 0. The molecule has 0 saturated heterocycles. The van der Waals surface area contributed by atoms with Gasteiger partial charge in [-0.1, -0.05) is 214 Å². The highest BCUT2D eigenvalue weighted by atomic mass is 16.6. The van der Waals surface area contributed by atoms with Crippen molar-refractivity contribution in [2.75, 3.05) is 13.2 Å². The Bertz CT molecular complexity index is 1300. The smallest absolute Gasteiger partial charge is 0.306 e. The molecule has 0 heterocycles. The van der Waals surface area contributed by atoms with Crippen LogP contribution in [0.4, 0.5) is 0 Å². The van der Waals surface area contributed by atoms with Crippen LogP contribution in [0.5, 0.6) is 0 Å². The van der Waals surface area contributed by atoms with Crippen molar-refractivity contribution in [2.45, 2.75) is 239 Å². The first-order chi connectivity index (χ1) is 31.5. The van der Waals surface area contributed by atoms with E-state index in [-0.39, 0.29) is 31.6 Å². The van der Waals surface area contributed by atoms with Crippen molar-refractivity contribution in [1.82, 2.24) is 0 Å². The number of carbonyl (C=O) groups excluding carboxylic acids is 3. The van der Waals surface area contributed by atoms with E-state index in [1.54, 1.807) is 0 Å². The summed E-state index contributed by atoms with van der Waals surface area (Å²) in [7, 11) is 0. The van der Waals surface area contributed by atoms with E-state index in [1.807, 2.05) is 12.2 Å². The maximum Gasteiger partial charge on any atom is 0.306 e. The number of hydrogen-bond donors (Lipinski definition) is 0. The third-order valence-electron chi connectivity index (χ3n) is 10.8. The van der Waals surface area contributed by atoms with Crippen molar-refractivity contribution in [3.05, 3.63) is 97.2 Å². The maximum absolute atomic E-state index is 12.8. The number of allylic oxidation sites excluding steroid dienone is 16. The molecule has 0 aliphatic rings. The fourth-order valence-electron chi connectivity index (χ4n) is 6.84. The summed E-state index contributed by atoms with van der Waals surface area (Å²) in [5, 5.41) is 0. The van der Waals surface area contributed by atoms with E-state index in [0.717, 1.165) is 70.6 Å². The van der Waals surface area contributed by atoms with Crippen LogP contribution in [-0.4, -0.2) is 37.2 Å². The molecule has 64 heavy (non-hydrogen) atoms. The SMILES string of the molecule is CCCCC/C=C\C/C=C\C/C=C\C/C=C\C/C=C\CCC(=O)O[C@H](COC(=O)CCCC/C=C\C/C=C\C/C=C\CCCCC)COC(=O)CCCCCCCCCCCCCC. The average Bonchev–Trinajstić information content (AvgIpc) is 3.29. The van der Waals surface area contributed by atoms with Crippen molar-refractivity contribution < 1.29 is 28.6 Å². The number of unbranched alkanes of at least 4 members (excludes halogenated alkanes) is 19. The first-order valence-electron chi connectivity index (χ1n) is 26.2. The van der Waals surface area contributed by atoms with Gasteiger partial charge in [-0.2, -0.15) is 0 Å². The topological polar surface area (TPSA) is 78.9 Å².